The van der Waals surface area contributed by atoms with Gasteiger partial charge >= 0.3 is 0 Å². The van der Waals surface area contributed by atoms with Gasteiger partial charge in [0, 0.05) is 31.2 Å². The molecule has 1 aromatic rings. The molecule has 0 spiro atoms. The van der Waals surface area contributed by atoms with Crippen LogP contribution in [0.1, 0.15) is 43.2 Å². The van der Waals surface area contributed by atoms with Crippen molar-refractivity contribution in [2.45, 2.75) is 51.2 Å². The smallest absolute Gasteiger partial charge is 0.123 e. The summed E-state index contributed by atoms with van der Waals surface area (Å²) in [4.78, 5) is 2.40. The van der Waals surface area contributed by atoms with Crippen LogP contribution in [0.2, 0.25) is 0 Å². The maximum absolute atomic E-state index is 9.38. The van der Waals surface area contributed by atoms with E-state index in [1.54, 1.807) is 7.11 Å². The average Bonchev–Trinajstić information content (AvgIpc) is 2.55. The van der Waals surface area contributed by atoms with Crippen LogP contribution in [0.3, 0.4) is 0 Å². The molecule has 1 aliphatic rings. The van der Waals surface area contributed by atoms with Crippen LogP contribution in [0.4, 0.5) is 0 Å². The second kappa shape index (κ2) is 8.37. The molecule has 0 radical (unpaired) electrons. The largest absolute Gasteiger partial charge is 0.496 e. The molecule has 0 aromatic heterocycles. The van der Waals surface area contributed by atoms with Gasteiger partial charge in [-0.3, -0.25) is 4.90 Å². The number of aliphatic hydroxyl groups excluding tert-OH is 1. The lowest BCUT2D eigenvalue weighted by Crippen LogP contribution is -2.38. The Hall–Kier alpha value is -1.10. The van der Waals surface area contributed by atoms with Crippen LogP contribution in [0, 0.1) is 0 Å². The van der Waals surface area contributed by atoms with Gasteiger partial charge in [0.05, 0.1) is 13.7 Å². The highest BCUT2D eigenvalue weighted by Crippen LogP contribution is 2.27. The number of methoxy groups -OCH3 is 1. The van der Waals surface area contributed by atoms with Gasteiger partial charge in [0.25, 0.3) is 0 Å². The Balaban J connectivity index is 2.14. The minimum Gasteiger partial charge on any atom is -0.496 e. The molecule has 4 heteroatoms. The van der Waals surface area contributed by atoms with E-state index in [1.807, 2.05) is 12.1 Å². The van der Waals surface area contributed by atoms with Gasteiger partial charge in [0.2, 0.25) is 0 Å². The van der Waals surface area contributed by atoms with Gasteiger partial charge in [-0.25, -0.2) is 0 Å². The first-order valence-electron chi connectivity index (χ1n) is 7.99. The van der Waals surface area contributed by atoms with Gasteiger partial charge in [-0.2, -0.15) is 0 Å². The summed E-state index contributed by atoms with van der Waals surface area (Å²) in [6.45, 7) is 2.29. The molecule has 4 nitrogen and oxygen atoms in total. The zero-order valence-corrected chi connectivity index (χ0v) is 13.1. The zero-order chi connectivity index (χ0) is 15.1. The normalized spacial score (nSPS) is 16.4. The fourth-order valence-electron chi connectivity index (χ4n) is 3.27. The quantitative estimate of drug-likeness (QED) is 0.809. The summed E-state index contributed by atoms with van der Waals surface area (Å²) in [5.41, 5.74) is 8.04. The molecule has 0 atom stereocenters. The van der Waals surface area contributed by atoms with Crippen LogP contribution in [0.5, 0.6) is 5.75 Å². The molecule has 0 unspecified atom stereocenters. The number of hydrogen-bond donors (Lipinski definition) is 2. The molecule has 1 aromatic carbocycles. The molecule has 2 rings (SSSR count). The highest BCUT2D eigenvalue weighted by atomic mass is 16.5. The Morgan fingerprint density at radius 1 is 1.29 bits per heavy atom. The molecule has 0 aliphatic heterocycles. The maximum atomic E-state index is 9.38. The Bertz CT molecular complexity index is 431. The van der Waals surface area contributed by atoms with Gasteiger partial charge in [0.15, 0.2) is 0 Å². The minimum atomic E-state index is 0.204. The maximum Gasteiger partial charge on any atom is 0.123 e. The Labute approximate surface area is 127 Å². The summed E-state index contributed by atoms with van der Waals surface area (Å²) in [6, 6.07) is 6.72. The first kappa shape index (κ1) is 16.3. The zero-order valence-electron chi connectivity index (χ0n) is 13.1. The molecule has 0 heterocycles. The van der Waals surface area contributed by atoms with E-state index in [0.29, 0.717) is 12.6 Å². The Morgan fingerprint density at radius 3 is 2.67 bits per heavy atom. The van der Waals surface area contributed by atoms with Gasteiger partial charge < -0.3 is 15.6 Å². The van der Waals surface area contributed by atoms with Gasteiger partial charge in [-0.15, -0.1) is 0 Å². The molecule has 1 fully saturated rings. The highest BCUT2D eigenvalue weighted by molar-refractivity contribution is 5.37. The molecular formula is C17H28N2O2. The minimum absolute atomic E-state index is 0.204. The Kier molecular flexibility index (Phi) is 6.49. The van der Waals surface area contributed by atoms with Gasteiger partial charge in [-0.1, -0.05) is 25.3 Å². The summed E-state index contributed by atoms with van der Waals surface area (Å²) in [7, 11) is 1.71. The standard InChI is InChI=1S/C17H28N2O2/c1-21-17-8-7-14(12-18)11-15(17)13-19(9-10-20)16-5-3-2-4-6-16/h7-8,11,16,20H,2-6,9-10,12-13,18H2,1H3. The predicted molar refractivity (Wildman–Crippen MR) is 85.3 cm³/mol. The number of rotatable bonds is 7. The van der Waals surface area contributed by atoms with Gasteiger partial charge in [-0.05, 0) is 30.5 Å². The third-order valence-electron chi connectivity index (χ3n) is 4.43. The van der Waals surface area contributed by atoms with E-state index in [9.17, 15) is 5.11 Å². The number of nitrogens with zero attached hydrogens (tertiary/aromatic N) is 1. The summed E-state index contributed by atoms with van der Waals surface area (Å²) < 4.78 is 5.48. The van der Waals surface area contributed by atoms with E-state index in [4.69, 9.17) is 10.5 Å². The monoisotopic (exact) mass is 292 g/mol. The van der Waals surface area contributed by atoms with Crippen LogP contribution in [0.25, 0.3) is 0 Å². The van der Waals surface area contributed by atoms with Crippen molar-refractivity contribution in [1.29, 1.82) is 0 Å². The van der Waals surface area contributed by atoms with E-state index >= 15 is 0 Å². The van der Waals surface area contributed by atoms with Crippen LogP contribution >= 0.6 is 0 Å². The SMILES string of the molecule is COc1ccc(CN)cc1CN(CCO)C1CCCCC1. The third-order valence-corrected chi connectivity index (χ3v) is 4.43. The number of ether oxygens (including phenoxy) is 1. The molecular weight excluding hydrogens is 264 g/mol. The van der Waals surface area contributed by atoms with Crippen molar-refractivity contribution in [3.8, 4) is 5.75 Å². The number of nitrogens with two attached hydrogens (primary N) is 1. The lowest BCUT2D eigenvalue weighted by molar-refractivity contribution is 0.116. The number of hydrogen-bond acceptors (Lipinski definition) is 4. The highest BCUT2D eigenvalue weighted by Gasteiger charge is 2.21. The van der Waals surface area contributed by atoms with E-state index in [-0.39, 0.29) is 6.61 Å². The average molecular weight is 292 g/mol. The molecule has 0 amide bonds. The summed E-state index contributed by atoms with van der Waals surface area (Å²) in [5, 5.41) is 9.38. The second-order valence-electron chi connectivity index (χ2n) is 5.84. The molecule has 118 valence electrons. The summed E-state index contributed by atoms with van der Waals surface area (Å²) in [5.74, 6) is 0.908. The lowest BCUT2D eigenvalue weighted by atomic mass is 9.93. The first-order valence-corrected chi connectivity index (χ1v) is 7.99. The van der Waals surface area contributed by atoms with Crippen molar-refractivity contribution in [3.05, 3.63) is 29.3 Å². The fraction of sp³-hybridized carbons (Fsp3) is 0.647. The molecule has 1 aliphatic carbocycles. The number of aliphatic hydroxyl groups is 1. The molecule has 1 saturated carbocycles. The van der Waals surface area contributed by atoms with Crippen LogP contribution < -0.4 is 10.5 Å². The van der Waals surface area contributed by atoms with Crippen molar-refractivity contribution in [1.82, 2.24) is 4.90 Å². The fourth-order valence-corrected chi connectivity index (χ4v) is 3.27. The van der Waals surface area contributed by atoms with Crippen molar-refractivity contribution in [3.63, 3.8) is 0 Å². The van der Waals surface area contributed by atoms with Gasteiger partial charge in [0.1, 0.15) is 5.75 Å². The van der Waals surface area contributed by atoms with Crippen molar-refractivity contribution in [2.24, 2.45) is 5.73 Å². The van der Waals surface area contributed by atoms with Crippen molar-refractivity contribution in [2.75, 3.05) is 20.3 Å². The Morgan fingerprint density at radius 2 is 2.05 bits per heavy atom. The summed E-state index contributed by atoms with van der Waals surface area (Å²) >= 11 is 0. The van der Waals surface area contributed by atoms with E-state index in [1.165, 1.54) is 37.7 Å². The number of benzene rings is 1. The first-order chi connectivity index (χ1) is 10.3. The second-order valence-corrected chi connectivity index (χ2v) is 5.84. The van der Waals surface area contributed by atoms with E-state index < -0.39 is 0 Å². The van der Waals surface area contributed by atoms with Crippen molar-refractivity contribution >= 4 is 0 Å². The third kappa shape index (κ3) is 4.43. The van der Waals surface area contributed by atoms with Crippen LogP contribution in [-0.4, -0.2) is 36.3 Å². The van der Waals surface area contributed by atoms with E-state index in [2.05, 4.69) is 11.0 Å². The topological polar surface area (TPSA) is 58.7 Å². The van der Waals surface area contributed by atoms with E-state index in [0.717, 1.165) is 24.4 Å². The molecule has 21 heavy (non-hydrogen) atoms. The molecule has 0 saturated heterocycles. The predicted octanol–water partition coefficient (Wildman–Crippen LogP) is 2.28. The summed E-state index contributed by atoms with van der Waals surface area (Å²) in [6.07, 6.45) is 6.41. The van der Waals surface area contributed by atoms with Crippen LogP contribution in [0.15, 0.2) is 18.2 Å². The molecule has 0 bridgehead atoms. The van der Waals surface area contributed by atoms with Crippen LogP contribution in [-0.2, 0) is 13.1 Å². The molecule has 3 N–H and O–H groups in total. The lowest BCUT2D eigenvalue weighted by Gasteiger charge is -2.34. The van der Waals surface area contributed by atoms with Crippen molar-refractivity contribution < 1.29 is 9.84 Å².